The number of rotatable bonds is 5. The molecule has 7 nitrogen and oxygen atoms in total. The predicted octanol–water partition coefficient (Wildman–Crippen LogP) is 0.388. The van der Waals surface area contributed by atoms with Gasteiger partial charge in [-0.2, -0.15) is 4.31 Å². The van der Waals surface area contributed by atoms with Crippen LogP contribution in [0, 0.1) is 5.82 Å². The summed E-state index contributed by atoms with van der Waals surface area (Å²) in [7, 11) is -3.80. The van der Waals surface area contributed by atoms with Gasteiger partial charge < -0.3 is 14.5 Å². The lowest BCUT2D eigenvalue weighted by atomic mass is 10.1. The third-order valence-electron chi connectivity index (χ3n) is 5.83. The van der Waals surface area contributed by atoms with Gasteiger partial charge in [-0.1, -0.05) is 30.3 Å². The van der Waals surface area contributed by atoms with E-state index in [0.717, 1.165) is 25.7 Å². The van der Waals surface area contributed by atoms with E-state index in [4.69, 9.17) is 4.74 Å². The maximum Gasteiger partial charge on any atom is 0.257 e. The van der Waals surface area contributed by atoms with E-state index in [1.165, 1.54) is 26.9 Å². The number of hydrogen-bond acceptors (Lipinski definition) is 4. The summed E-state index contributed by atoms with van der Waals surface area (Å²) in [4.78, 5) is 15.9. The first kappa shape index (κ1) is 21.9. The molecule has 2 aliphatic heterocycles. The number of hydrogen-bond donors (Lipinski definition) is 1. The van der Waals surface area contributed by atoms with Crippen LogP contribution in [0.25, 0.3) is 0 Å². The van der Waals surface area contributed by atoms with Crippen molar-refractivity contribution in [3.05, 3.63) is 65.5 Å². The van der Waals surface area contributed by atoms with Crippen molar-refractivity contribution in [2.75, 3.05) is 52.5 Å². The first-order valence-electron chi connectivity index (χ1n) is 10.5. The molecule has 0 radical (unpaired) electrons. The molecule has 2 aliphatic rings. The molecule has 0 saturated carbocycles. The molecule has 2 saturated heterocycles. The maximum absolute atomic E-state index is 14.5. The Morgan fingerprint density at radius 3 is 2.35 bits per heavy atom. The molecule has 2 fully saturated rings. The van der Waals surface area contributed by atoms with Gasteiger partial charge in [-0.15, -0.1) is 0 Å². The van der Waals surface area contributed by atoms with E-state index in [2.05, 4.69) is 12.1 Å². The summed E-state index contributed by atoms with van der Waals surface area (Å²) in [5, 5.41) is 0. The summed E-state index contributed by atoms with van der Waals surface area (Å²) in [5.41, 5.74) is 1.05. The van der Waals surface area contributed by atoms with Gasteiger partial charge in [-0.3, -0.25) is 4.79 Å². The van der Waals surface area contributed by atoms with E-state index < -0.39 is 21.7 Å². The third-order valence-corrected chi connectivity index (χ3v) is 7.73. The second kappa shape index (κ2) is 9.44. The molecular formula is C22H27FN3O4S+. The van der Waals surface area contributed by atoms with E-state index >= 15 is 0 Å². The predicted molar refractivity (Wildman–Crippen MR) is 113 cm³/mol. The van der Waals surface area contributed by atoms with Crippen LogP contribution in [0.5, 0.6) is 0 Å². The fraction of sp³-hybridized carbons (Fsp3) is 0.409. The van der Waals surface area contributed by atoms with Crippen LogP contribution < -0.4 is 4.90 Å². The summed E-state index contributed by atoms with van der Waals surface area (Å²) in [6.07, 6.45) is 0. The first-order chi connectivity index (χ1) is 14.9. The molecule has 1 N–H and O–H groups in total. The number of carbonyl (C=O) groups is 1. The number of ether oxygens (including phenoxy) is 1. The zero-order valence-corrected chi connectivity index (χ0v) is 18.1. The standard InChI is InChI=1S/C22H26FN3O4S/c23-21-7-6-19(31(28,29)26-12-14-30-15-13-26)16-20(21)22(27)25-10-8-24(9-11-25)17-18-4-2-1-3-5-18/h1-7,16H,8-15,17H2/p+1. The molecule has 166 valence electrons. The van der Waals surface area contributed by atoms with Gasteiger partial charge in [0.15, 0.2) is 0 Å². The van der Waals surface area contributed by atoms with Crippen molar-refractivity contribution in [2.24, 2.45) is 0 Å². The number of nitrogens with one attached hydrogen (secondary N) is 1. The van der Waals surface area contributed by atoms with Gasteiger partial charge in [0.05, 0.1) is 49.9 Å². The van der Waals surface area contributed by atoms with Gasteiger partial charge in [-0.05, 0) is 18.2 Å². The van der Waals surface area contributed by atoms with Crippen LogP contribution in [-0.2, 0) is 21.3 Å². The molecule has 2 aromatic rings. The maximum atomic E-state index is 14.5. The highest BCUT2D eigenvalue weighted by Gasteiger charge is 2.30. The van der Waals surface area contributed by atoms with Gasteiger partial charge in [0.1, 0.15) is 12.4 Å². The number of benzene rings is 2. The Morgan fingerprint density at radius 1 is 1.00 bits per heavy atom. The summed E-state index contributed by atoms with van der Waals surface area (Å²) >= 11 is 0. The third kappa shape index (κ3) is 4.95. The second-order valence-corrected chi connectivity index (χ2v) is 9.80. The molecule has 0 bridgehead atoms. The molecular weight excluding hydrogens is 421 g/mol. The number of nitrogens with zero attached hydrogens (tertiary/aromatic N) is 2. The van der Waals surface area contributed by atoms with E-state index in [0.29, 0.717) is 26.3 Å². The lowest BCUT2D eigenvalue weighted by Gasteiger charge is -2.32. The topological polar surface area (TPSA) is 71.4 Å². The number of morpholine rings is 1. The smallest absolute Gasteiger partial charge is 0.257 e. The zero-order valence-electron chi connectivity index (χ0n) is 17.3. The molecule has 0 unspecified atom stereocenters. The van der Waals surface area contributed by atoms with E-state index in [9.17, 15) is 17.6 Å². The molecule has 1 amide bonds. The highest BCUT2D eigenvalue weighted by Crippen LogP contribution is 2.21. The molecule has 0 spiro atoms. The van der Waals surface area contributed by atoms with Crippen LogP contribution in [0.15, 0.2) is 53.4 Å². The number of carbonyl (C=O) groups excluding carboxylic acids is 1. The van der Waals surface area contributed by atoms with E-state index in [-0.39, 0.29) is 23.5 Å². The fourth-order valence-corrected chi connectivity index (χ4v) is 5.46. The van der Waals surface area contributed by atoms with Crippen molar-refractivity contribution in [1.29, 1.82) is 0 Å². The van der Waals surface area contributed by atoms with Crippen LogP contribution in [0.1, 0.15) is 15.9 Å². The summed E-state index contributed by atoms with van der Waals surface area (Å²) in [6, 6.07) is 13.6. The fourth-order valence-electron chi connectivity index (χ4n) is 4.02. The van der Waals surface area contributed by atoms with Gasteiger partial charge in [-0.25, -0.2) is 12.8 Å². The average Bonchev–Trinajstić information content (AvgIpc) is 2.80. The van der Waals surface area contributed by atoms with Crippen LogP contribution in [0.3, 0.4) is 0 Å². The molecule has 2 aromatic carbocycles. The van der Waals surface area contributed by atoms with Crippen LogP contribution in [0.2, 0.25) is 0 Å². The van der Waals surface area contributed by atoms with Crippen LogP contribution in [0.4, 0.5) is 4.39 Å². The largest absolute Gasteiger partial charge is 0.379 e. The van der Waals surface area contributed by atoms with Crippen LogP contribution in [-0.4, -0.2) is 76.0 Å². The number of amides is 1. The molecule has 9 heteroatoms. The first-order valence-corrected chi connectivity index (χ1v) is 11.9. The SMILES string of the molecule is O=C(c1cc(S(=O)(=O)N2CCOCC2)ccc1F)N1CC[NH+](Cc2ccccc2)CC1. The number of sulfonamides is 1. The Kier molecular flexibility index (Phi) is 6.66. The minimum atomic E-state index is -3.80. The Hall–Kier alpha value is -2.33. The Bertz CT molecular complexity index is 1020. The molecule has 4 rings (SSSR count). The second-order valence-electron chi connectivity index (χ2n) is 7.86. The Balaban J connectivity index is 1.44. The quantitative estimate of drug-likeness (QED) is 0.719. The molecule has 0 aromatic heterocycles. The Labute approximate surface area is 182 Å². The summed E-state index contributed by atoms with van der Waals surface area (Å²) < 4.78 is 46.8. The van der Waals surface area contributed by atoms with Crippen molar-refractivity contribution >= 4 is 15.9 Å². The monoisotopic (exact) mass is 448 g/mol. The van der Waals surface area contributed by atoms with Crippen molar-refractivity contribution in [1.82, 2.24) is 9.21 Å². The highest BCUT2D eigenvalue weighted by atomic mass is 32.2. The van der Waals surface area contributed by atoms with Gasteiger partial charge >= 0.3 is 0 Å². The molecule has 31 heavy (non-hydrogen) atoms. The number of piperazine rings is 1. The molecule has 0 aliphatic carbocycles. The van der Waals surface area contributed by atoms with Crippen LogP contribution >= 0.6 is 0 Å². The van der Waals surface area contributed by atoms with E-state index in [1.807, 2.05) is 18.2 Å². The lowest BCUT2D eigenvalue weighted by Crippen LogP contribution is -3.13. The number of quaternary nitrogens is 1. The van der Waals surface area contributed by atoms with E-state index in [1.54, 1.807) is 4.90 Å². The normalized spacial score (nSPS) is 18.8. The summed E-state index contributed by atoms with van der Waals surface area (Å²) in [5.74, 6) is -1.17. The van der Waals surface area contributed by atoms with Gasteiger partial charge in [0, 0.05) is 18.7 Å². The lowest BCUT2D eigenvalue weighted by molar-refractivity contribution is -0.917. The Morgan fingerprint density at radius 2 is 1.68 bits per heavy atom. The molecule has 0 atom stereocenters. The number of halogens is 1. The van der Waals surface area contributed by atoms with Gasteiger partial charge in [0.2, 0.25) is 10.0 Å². The minimum absolute atomic E-state index is 0.0625. The minimum Gasteiger partial charge on any atom is -0.379 e. The van der Waals surface area contributed by atoms with Gasteiger partial charge in [0.25, 0.3) is 5.91 Å². The molecule has 2 heterocycles. The van der Waals surface area contributed by atoms with Crippen molar-refractivity contribution in [3.63, 3.8) is 0 Å². The van der Waals surface area contributed by atoms with Crippen molar-refractivity contribution in [3.8, 4) is 0 Å². The highest BCUT2D eigenvalue weighted by molar-refractivity contribution is 7.89. The zero-order chi connectivity index (χ0) is 21.8. The summed E-state index contributed by atoms with van der Waals surface area (Å²) in [6.45, 7) is 4.53. The average molecular weight is 449 g/mol. The van der Waals surface area contributed by atoms with Crippen molar-refractivity contribution < 1.29 is 27.2 Å². The van der Waals surface area contributed by atoms with Crippen molar-refractivity contribution in [2.45, 2.75) is 11.4 Å².